The highest BCUT2D eigenvalue weighted by Gasteiger charge is 2.24. The van der Waals surface area contributed by atoms with Crippen LogP contribution in [0.5, 0.6) is 0 Å². The molecule has 8 nitrogen and oxygen atoms in total. The fourth-order valence-corrected chi connectivity index (χ4v) is 3.06. The van der Waals surface area contributed by atoms with Gasteiger partial charge < -0.3 is 19.4 Å². The fourth-order valence-electron chi connectivity index (χ4n) is 3.06. The number of nitrogens with zero attached hydrogens (tertiary/aromatic N) is 1. The summed E-state index contributed by atoms with van der Waals surface area (Å²) in [5.41, 5.74) is 1.48. The third kappa shape index (κ3) is 4.50. The smallest absolute Gasteiger partial charge is 0.339 e. The number of nitrogens with one attached hydrogen (secondary N) is 1. The van der Waals surface area contributed by atoms with Crippen molar-refractivity contribution in [1.29, 1.82) is 0 Å². The summed E-state index contributed by atoms with van der Waals surface area (Å²) < 4.78 is 9.72. The maximum absolute atomic E-state index is 12.3. The summed E-state index contributed by atoms with van der Waals surface area (Å²) in [5, 5.41) is 0. The Labute approximate surface area is 151 Å². The van der Waals surface area contributed by atoms with Gasteiger partial charge in [0.05, 0.1) is 18.4 Å². The van der Waals surface area contributed by atoms with E-state index in [-0.39, 0.29) is 18.1 Å². The number of H-pyrrole nitrogens is 1. The zero-order valence-corrected chi connectivity index (χ0v) is 15.3. The number of methoxy groups -OCH3 is 1. The molecule has 0 unspecified atom stereocenters. The van der Waals surface area contributed by atoms with Crippen LogP contribution in [0.3, 0.4) is 0 Å². The van der Waals surface area contributed by atoms with Crippen molar-refractivity contribution in [3.63, 3.8) is 0 Å². The Bertz CT molecular complexity index is 722. The first-order valence-corrected chi connectivity index (χ1v) is 8.59. The van der Waals surface area contributed by atoms with E-state index < -0.39 is 24.3 Å². The van der Waals surface area contributed by atoms with Gasteiger partial charge in [-0.25, -0.2) is 4.79 Å². The molecule has 26 heavy (non-hydrogen) atoms. The Morgan fingerprint density at radius 2 is 1.88 bits per heavy atom. The second kappa shape index (κ2) is 8.64. The van der Waals surface area contributed by atoms with Gasteiger partial charge in [-0.1, -0.05) is 6.42 Å². The van der Waals surface area contributed by atoms with Crippen LogP contribution in [-0.4, -0.2) is 60.3 Å². The number of amides is 1. The minimum absolute atomic E-state index is 0.0654. The predicted octanol–water partition coefficient (Wildman–Crippen LogP) is 1.55. The highest BCUT2D eigenvalue weighted by Crippen LogP contribution is 2.19. The average molecular weight is 364 g/mol. The maximum Gasteiger partial charge on any atom is 0.339 e. The first-order valence-electron chi connectivity index (χ1n) is 8.59. The van der Waals surface area contributed by atoms with E-state index in [1.807, 2.05) is 0 Å². The average Bonchev–Trinajstić information content (AvgIpc) is 2.76. The van der Waals surface area contributed by atoms with Crippen molar-refractivity contribution in [2.24, 2.45) is 0 Å². The standard InChI is InChI=1S/C18H24N2O6/c1-11-16(18(24)25-3)12(2)19-17(11)13(21)10-26-15(23)9-20-8-6-4-5-7-14(20)22/h19H,4-10H2,1-3H3. The monoisotopic (exact) mass is 364 g/mol. The second-order valence-electron chi connectivity index (χ2n) is 6.33. The Kier molecular flexibility index (Phi) is 6.54. The molecule has 1 N–H and O–H groups in total. The lowest BCUT2D eigenvalue weighted by Gasteiger charge is -2.19. The molecule has 0 bridgehead atoms. The molecule has 0 saturated carbocycles. The van der Waals surface area contributed by atoms with Crippen LogP contribution in [0.2, 0.25) is 0 Å². The summed E-state index contributed by atoms with van der Waals surface area (Å²) in [4.78, 5) is 52.2. The molecule has 0 spiro atoms. The van der Waals surface area contributed by atoms with Gasteiger partial charge in [0.2, 0.25) is 11.7 Å². The molecular weight excluding hydrogens is 340 g/mol. The number of carbonyl (C=O) groups is 4. The number of aromatic amines is 1. The zero-order valence-electron chi connectivity index (χ0n) is 15.3. The molecule has 0 atom stereocenters. The van der Waals surface area contributed by atoms with E-state index in [0.717, 1.165) is 19.3 Å². The molecule has 1 aliphatic rings. The van der Waals surface area contributed by atoms with Gasteiger partial charge in [-0.2, -0.15) is 0 Å². The van der Waals surface area contributed by atoms with Crippen molar-refractivity contribution in [3.05, 3.63) is 22.5 Å². The lowest BCUT2D eigenvalue weighted by Crippen LogP contribution is -2.36. The number of carbonyl (C=O) groups excluding carboxylic acids is 4. The van der Waals surface area contributed by atoms with Crippen LogP contribution in [0.15, 0.2) is 0 Å². The lowest BCUT2D eigenvalue weighted by atomic mass is 10.1. The van der Waals surface area contributed by atoms with Crippen molar-refractivity contribution in [2.75, 3.05) is 26.8 Å². The fraction of sp³-hybridized carbons (Fsp3) is 0.556. The first-order chi connectivity index (χ1) is 12.3. The molecule has 0 radical (unpaired) electrons. The molecule has 8 heteroatoms. The molecule has 142 valence electrons. The molecule has 1 amide bonds. The number of hydrogen-bond donors (Lipinski definition) is 1. The van der Waals surface area contributed by atoms with Crippen LogP contribution in [0.25, 0.3) is 0 Å². The van der Waals surface area contributed by atoms with Crippen LogP contribution in [0, 0.1) is 13.8 Å². The summed E-state index contributed by atoms with van der Waals surface area (Å²) in [6, 6.07) is 0. The van der Waals surface area contributed by atoms with Gasteiger partial charge in [-0.05, 0) is 32.3 Å². The van der Waals surface area contributed by atoms with Gasteiger partial charge in [0.25, 0.3) is 0 Å². The van der Waals surface area contributed by atoms with Crippen LogP contribution >= 0.6 is 0 Å². The highest BCUT2D eigenvalue weighted by molar-refractivity contribution is 6.02. The number of hydrogen-bond acceptors (Lipinski definition) is 6. The van der Waals surface area contributed by atoms with Gasteiger partial charge in [0.1, 0.15) is 6.54 Å². The Hall–Kier alpha value is -2.64. The Morgan fingerprint density at radius 3 is 2.58 bits per heavy atom. The highest BCUT2D eigenvalue weighted by atomic mass is 16.5. The maximum atomic E-state index is 12.3. The molecule has 1 aromatic heterocycles. The zero-order chi connectivity index (χ0) is 19.3. The van der Waals surface area contributed by atoms with Crippen LogP contribution in [-0.2, 0) is 19.1 Å². The summed E-state index contributed by atoms with van der Waals surface area (Å²) in [7, 11) is 1.27. The Balaban J connectivity index is 1.95. The molecular formula is C18H24N2O6. The van der Waals surface area contributed by atoms with Crippen LogP contribution in [0.4, 0.5) is 0 Å². The first kappa shape index (κ1) is 19.7. The molecule has 1 fully saturated rings. The van der Waals surface area contributed by atoms with E-state index >= 15 is 0 Å². The molecule has 1 aliphatic heterocycles. The van der Waals surface area contributed by atoms with E-state index in [1.165, 1.54) is 12.0 Å². The van der Waals surface area contributed by atoms with Gasteiger partial charge in [-0.15, -0.1) is 0 Å². The number of likely N-dealkylation sites (tertiary alicyclic amines) is 1. The van der Waals surface area contributed by atoms with E-state index in [1.54, 1.807) is 13.8 Å². The quantitative estimate of drug-likeness (QED) is 0.606. The minimum Gasteiger partial charge on any atom is -0.465 e. The van der Waals surface area contributed by atoms with Crippen molar-refractivity contribution >= 4 is 23.6 Å². The summed E-state index contributed by atoms with van der Waals surface area (Å²) >= 11 is 0. The molecule has 1 saturated heterocycles. The predicted molar refractivity (Wildman–Crippen MR) is 91.9 cm³/mol. The second-order valence-corrected chi connectivity index (χ2v) is 6.33. The van der Waals surface area contributed by atoms with Gasteiger partial charge in [0, 0.05) is 18.7 Å². The van der Waals surface area contributed by atoms with Crippen molar-refractivity contribution < 1.29 is 28.7 Å². The third-order valence-electron chi connectivity index (χ3n) is 4.46. The number of ether oxygens (including phenoxy) is 2. The molecule has 1 aromatic rings. The third-order valence-corrected chi connectivity index (χ3v) is 4.46. The van der Waals surface area contributed by atoms with Gasteiger partial charge in [-0.3, -0.25) is 14.4 Å². The molecule has 2 rings (SSSR count). The van der Waals surface area contributed by atoms with E-state index in [0.29, 0.717) is 29.8 Å². The Morgan fingerprint density at radius 1 is 1.15 bits per heavy atom. The number of rotatable bonds is 6. The molecule has 0 aliphatic carbocycles. The largest absolute Gasteiger partial charge is 0.465 e. The molecule has 0 aromatic carbocycles. The van der Waals surface area contributed by atoms with E-state index in [4.69, 9.17) is 9.47 Å². The van der Waals surface area contributed by atoms with Gasteiger partial charge >= 0.3 is 11.9 Å². The minimum atomic E-state index is -0.622. The van der Waals surface area contributed by atoms with Crippen molar-refractivity contribution in [2.45, 2.75) is 39.5 Å². The van der Waals surface area contributed by atoms with Crippen LogP contribution < -0.4 is 0 Å². The molecule has 2 heterocycles. The van der Waals surface area contributed by atoms with Crippen LogP contribution in [0.1, 0.15) is 57.8 Å². The van der Waals surface area contributed by atoms with Crippen molar-refractivity contribution in [1.82, 2.24) is 9.88 Å². The van der Waals surface area contributed by atoms with Crippen molar-refractivity contribution in [3.8, 4) is 0 Å². The summed E-state index contributed by atoms with van der Waals surface area (Å²) in [5.74, 6) is -1.67. The van der Waals surface area contributed by atoms with E-state index in [9.17, 15) is 19.2 Å². The number of ketones is 1. The van der Waals surface area contributed by atoms with E-state index in [2.05, 4.69) is 4.98 Å². The SMILES string of the molecule is COC(=O)c1c(C)[nH]c(C(=O)COC(=O)CN2CCCCCC2=O)c1C. The number of aromatic nitrogens is 1. The summed E-state index contributed by atoms with van der Waals surface area (Å²) in [6.07, 6.45) is 3.08. The topological polar surface area (TPSA) is 106 Å². The lowest BCUT2D eigenvalue weighted by molar-refractivity contribution is -0.148. The number of aryl methyl sites for hydroxylation is 1. The normalized spacial score (nSPS) is 14.7. The summed E-state index contributed by atoms with van der Waals surface area (Å²) in [6.45, 7) is 3.21. The van der Waals surface area contributed by atoms with Gasteiger partial charge in [0.15, 0.2) is 6.61 Å². The number of Topliss-reactive ketones (excluding diaryl/α,β-unsaturated/α-hetero) is 1. The number of esters is 2.